The summed E-state index contributed by atoms with van der Waals surface area (Å²) in [5.41, 5.74) is 0. The molecular weight excluding hydrogens is 336 g/mol. The second-order valence-electron chi connectivity index (χ2n) is 1.10. The van der Waals surface area contributed by atoms with Crippen molar-refractivity contribution in [1.29, 1.82) is 0 Å². The van der Waals surface area contributed by atoms with Crippen molar-refractivity contribution in [1.82, 2.24) is 0 Å². The molecule has 0 spiro atoms. The van der Waals surface area contributed by atoms with Crippen molar-refractivity contribution in [2.24, 2.45) is 0 Å². The largest absolute Gasteiger partial charge is 2.00 e. The maximum Gasteiger partial charge on any atom is 2.00 e. The summed E-state index contributed by atoms with van der Waals surface area (Å²) in [4.78, 5) is 34.0. The third-order valence-electron chi connectivity index (χ3n) is 0. The van der Waals surface area contributed by atoms with E-state index in [1.807, 2.05) is 0 Å². The summed E-state index contributed by atoms with van der Waals surface area (Å²) in [7, 11) is 0. The van der Waals surface area contributed by atoms with Crippen molar-refractivity contribution in [3.05, 3.63) is 0 Å². The van der Waals surface area contributed by atoms with Gasteiger partial charge in [0.25, 0.3) is 0 Å². The summed E-state index contributed by atoms with van der Waals surface area (Å²) in [5, 5.41) is 58.5. The standard InChI is InChI=1S/4CH2O3.Ca.Fe/c4*2-1(3)4;;/h4*(H2,2,3,4);;/q;;;;+2;/p-2. The van der Waals surface area contributed by atoms with E-state index in [1.165, 1.54) is 0 Å². The number of hydrogen-bond donors (Lipinski definition) is 6. The van der Waals surface area contributed by atoms with Gasteiger partial charge in [-0.2, -0.15) is 0 Å². The van der Waals surface area contributed by atoms with Crippen LogP contribution in [0.5, 0.6) is 0 Å². The quantitative estimate of drug-likeness (QED) is 0.258. The first-order valence-electron chi connectivity index (χ1n) is 2.57. The van der Waals surface area contributed by atoms with Gasteiger partial charge < -0.3 is 50.4 Å². The van der Waals surface area contributed by atoms with E-state index in [2.05, 4.69) is 0 Å². The Morgan fingerprint density at radius 1 is 0.611 bits per heavy atom. The summed E-state index contributed by atoms with van der Waals surface area (Å²) in [6.45, 7) is 0. The molecule has 0 rings (SSSR count). The molecule has 6 N–H and O–H groups in total. The molecule has 14 heteroatoms. The molecule has 0 unspecified atom stereocenters. The fraction of sp³-hybridized carbons (Fsp3) is 0. The van der Waals surface area contributed by atoms with Crippen LogP contribution in [0.2, 0.25) is 0 Å². The zero-order valence-corrected chi connectivity index (χ0v) is 11.5. The van der Waals surface area contributed by atoms with Gasteiger partial charge in [-0.05, 0) is 0 Å². The number of hydrogen-bond acceptors (Lipinski definition) is 6. The van der Waals surface area contributed by atoms with Gasteiger partial charge in [-0.1, -0.05) is 0 Å². The first kappa shape index (κ1) is 36.0. The van der Waals surface area contributed by atoms with Gasteiger partial charge in [0.2, 0.25) is 12.3 Å². The zero-order valence-electron chi connectivity index (χ0n) is 8.19. The van der Waals surface area contributed by atoms with E-state index >= 15 is 0 Å². The Hall–Kier alpha value is -1.14. The molecule has 104 valence electrons. The third kappa shape index (κ3) is 2190. The predicted molar refractivity (Wildman–Crippen MR) is 43.1 cm³/mol. The molecule has 0 aliphatic heterocycles. The van der Waals surface area contributed by atoms with Gasteiger partial charge in [-0.25, -0.2) is 9.59 Å². The normalized spacial score (nSPS) is 5.33. The summed E-state index contributed by atoms with van der Waals surface area (Å²) < 4.78 is 0. The van der Waals surface area contributed by atoms with Gasteiger partial charge in [0.1, 0.15) is 0 Å². The van der Waals surface area contributed by atoms with Crippen molar-refractivity contribution in [3.8, 4) is 0 Å². The van der Waals surface area contributed by atoms with Gasteiger partial charge >= 0.3 is 50.0 Å². The predicted octanol–water partition coefficient (Wildman–Crippen LogP) is -2.16. The van der Waals surface area contributed by atoms with Crippen LogP contribution >= 0.6 is 0 Å². The topological polar surface area (TPSA) is 236 Å². The molecule has 0 amide bonds. The minimum atomic E-state index is -2.08. The molecule has 0 atom stereocenters. The number of carbonyl (C=O) groups is 4. The van der Waals surface area contributed by atoms with Gasteiger partial charge in [-0.3, -0.25) is 0 Å². The molecule has 0 heterocycles. The first-order chi connectivity index (χ1) is 6.93. The molecular formula is C4H6CaFeO12. The van der Waals surface area contributed by atoms with E-state index < -0.39 is 24.6 Å². The van der Waals surface area contributed by atoms with Crippen LogP contribution in [0.4, 0.5) is 19.2 Å². The van der Waals surface area contributed by atoms with Crippen molar-refractivity contribution in [3.63, 3.8) is 0 Å². The summed E-state index contributed by atoms with van der Waals surface area (Å²) in [6, 6.07) is 0. The fourth-order valence-corrected chi connectivity index (χ4v) is 0. The van der Waals surface area contributed by atoms with Crippen LogP contribution in [0.25, 0.3) is 0 Å². The van der Waals surface area contributed by atoms with E-state index in [4.69, 9.17) is 60.0 Å². The van der Waals surface area contributed by atoms with E-state index in [0.29, 0.717) is 0 Å². The molecule has 0 aliphatic rings. The Bertz CT molecular complexity index is 164. The average molecular weight is 342 g/mol. The third-order valence-corrected chi connectivity index (χ3v) is 0. The van der Waals surface area contributed by atoms with Crippen molar-refractivity contribution >= 4 is 62.4 Å². The van der Waals surface area contributed by atoms with Gasteiger partial charge in [-0.15, -0.1) is 0 Å². The van der Waals surface area contributed by atoms with E-state index in [-0.39, 0.29) is 54.8 Å². The summed E-state index contributed by atoms with van der Waals surface area (Å²) >= 11 is 0. The molecule has 0 radical (unpaired) electrons. The van der Waals surface area contributed by atoms with Crippen molar-refractivity contribution < 1.29 is 77.1 Å². The fourth-order valence-electron chi connectivity index (χ4n) is 0. The Kier molecular flexibility index (Phi) is 59.3. The van der Waals surface area contributed by atoms with Crippen LogP contribution in [0.3, 0.4) is 0 Å². The van der Waals surface area contributed by atoms with Crippen LogP contribution in [0, 0.1) is 0 Å². The smallest absolute Gasteiger partial charge is 0.565 e. The minimum absolute atomic E-state index is 0. The van der Waals surface area contributed by atoms with Gasteiger partial charge in [0.05, 0.1) is 0 Å². The molecule has 0 fully saturated rings. The maximum absolute atomic E-state index is 8.56. The van der Waals surface area contributed by atoms with E-state index in [9.17, 15) is 0 Å². The molecule has 0 aromatic rings. The average Bonchev–Trinajstić information content (AvgIpc) is 1.76. The second kappa shape index (κ2) is 29.7. The molecule has 18 heavy (non-hydrogen) atoms. The number of rotatable bonds is 0. The molecule has 12 nitrogen and oxygen atoms in total. The summed E-state index contributed by atoms with van der Waals surface area (Å²) in [5.74, 6) is 0. The Morgan fingerprint density at radius 2 is 0.611 bits per heavy atom. The molecule has 0 bridgehead atoms. The second-order valence-corrected chi connectivity index (χ2v) is 1.10. The number of carboxylic acid groups (broad SMARTS) is 8. The summed E-state index contributed by atoms with van der Waals surface area (Å²) in [6.07, 6.45) is -7.83. The van der Waals surface area contributed by atoms with Crippen LogP contribution in [-0.2, 0) is 17.1 Å². The van der Waals surface area contributed by atoms with Crippen LogP contribution in [0.1, 0.15) is 0 Å². The van der Waals surface area contributed by atoms with E-state index in [0.717, 1.165) is 0 Å². The SMILES string of the molecule is O=C(O)O.O=C(O)O.O=C([O-])O.O=C([O-])O.[Ca+2].[Fe]. The Balaban J connectivity index is -0.0000000257. The van der Waals surface area contributed by atoms with Crippen LogP contribution in [0.15, 0.2) is 0 Å². The van der Waals surface area contributed by atoms with Gasteiger partial charge in [0.15, 0.2) is 0 Å². The molecule has 0 aliphatic carbocycles. The van der Waals surface area contributed by atoms with Crippen LogP contribution < -0.4 is 10.2 Å². The van der Waals surface area contributed by atoms with E-state index in [1.54, 1.807) is 0 Å². The minimum Gasteiger partial charge on any atom is -0.565 e. The molecule has 0 aromatic carbocycles. The van der Waals surface area contributed by atoms with Gasteiger partial charge in [0, 0.05) is 17.1 Å². The monoisotopic (exact) mass is 342 g/mol. The molecule has 0 saturated heterocycles. The zero-order chi connectivity index (χ0) is 14.3. The van der Waals surface area contributed by atoms with Crippen LogP contribution in [-0.4, -0.2) is 93.0 Å². The molecule has 0 saturated carbocycles. The Labute approximate surface area is 139 Å². The Morgan fingerprint density at radius 3 is 0.611 bits per heavy atom. The first-order valence-corrected chi connectivity index (χ1v) is 2.57. The molecule has 0 aromatic heterocycles. The van der Waals surface area contributed by atoms with Crippen molar-refractivity contribution in [2.75, 3.05) is 0 Å². The maximum atomic E-state index is 8.56. The van der Waals surface area contributed by atoms with Crippen molar-refractivity contribution in [2.45, 2.75) is 0 Å².